The second kappa shape index (κ2) is 4.90. The fourth-order valence-electron chi connectivity index (χ4n) is 1.74. The minimum absolute atomic E-state index is 0.114. The van der Waals surface area contributed by atoms with E-state index in [0.29, 0.717) is 11.5 Å². The van der Waals surface area contributed by atoms with Gasteiger partial charge in [0, 0.05) is 17.6 Å². The Labute approximate surface area is 118 Å². The highest BCUT2D eigenvalue weighted by molar-refractivity contribution is 7.13. The van der Waals surface area contributed by atoms with Crippen molar-refractivity contribution in [3.63, 3.8) is 0 Å². The molecular weight excluding hydrogens is 276 g/mol. The number of aromatic carboxylic acids is 1. The van der Waals surface area contributed by atoms with Crippen LogP contribution < -0.4 is 0 Å². The molecule has 0 saturated heterocycles. The van der Waals surface area contributed by atoms with Gasteiger partial charge >= 0.3 is 5.97 Å². The van der Waals surface area contributed by atoms with Gasteiger partial charge in [-0.05, 0) is 24.6 Å². The lowest BCUT2D eigenvalue weighted by Crippen LogP contribution is -1.91. The van der Waals surface area contributed by atoms with Crippen LogP contribution in [0.25, 0.3) is 22.2 Å². The number of hydrogen-bond acceptors (Lipinski definition) is 5. The number of rotatable bonds is 3. The topological polar surface area (TPSA) is 76.2 Å². The maximum atomic E-state index is 10.8. The Kier molecular flexibility index (Phi) is 3.08. The van der Waals surface area contributed by atoms with Gasteiger partial charge in [0.05, 0.1) is 11.3 Å². The monoisotopic (exact) mass is 286 g/mol. The third kappa shape index (κ3) is 2.33. The van der Waals surface area contributed by atoms with Crippen LogP contribution in [0.1, 0.15) is 15.9 Å². The molecule has 6 heteroatoms. The van der Waals surface area contributed by atoms with Crippen molar-refractivity contribution in [3.05, 3.63) is 47.2 Å². The Hall–Kier alpha value is -2.47. The van der Waals surface area contributed by atoms with E-state index in [2.05, 4.69) is 9.97 Å². The zero-order chi connectivity index (χ0) is 14.1. The number of nitrogens with zero attached hydrogens (tertiary/aromatic N) is 2. The second-order valence-corrected chi connectivity index (χ2v) is 5.12. The summed E-state index contributed by atoms with van der Waals surface area (Å²) in [5.41, 5.74) is 2.63. The highest BCUT2D eigenvalue weighted by atomic mass is 32.1. The molecule has 3 heterocycles. The van der Waals surface area contributed by atoms with Gasteiger partial charge in [0.1, 0.15) is 17.0 Å². The fraction of sp³-hybridized carbons (Fsp3) is 0.0714. The summed E-state index contributed by atoms with van der Waals surface area (Å²) in [5, 5.41) is 11.5. The molecule has 0 amide bonds. The van der Waals surface area contributed by atoms with E-state index in [-0.39, 0.29) is 5.56 Å². The molecule has 0 unspecified atom stereocenters. The number of carboxylic acid groups (broad SMARTS) is 1. The van der Waals surface area contributed by atoms with Crippen molar-refractivity contribution in [1.82, 2.24) is 9.97 Å². The smallest absolute Gasteiger partial charge is 0.338 e. The molecule has 0 spiro atoms. The number of hydrogen-bond donors (Lipinski definition) is 1. The Balaban J connectivity index is 1.95. The van der Waals surface area contributed by atoms with Crippen LogP contribution in [0.4, 0.5) is 0 Å². The van der Waals surface area contributed by atoms with Crippen molar-refractivity contribution < 1.29 is 14.3 Å². The maximum absolute atomic E-state index is 10.8. The first-order valence-electron chi connectivity index (χ1n) is 5.84. The second-order valence-electron chi connectivity index (χ2n) is 4.26. The minimum Gasteiger partial charge on any atom is -0.478 e. The molecule has 20 heavy (non-hydrogen) atoms. The number of furan rings is 1. The molecule has 0 aromatic carbocycles. The highest BCUT2D eigenvalue weighted by Crippen LogP contribution is 2.29. The zero-order valence-electron chi connectivity index (χ0n) is 10.5. The molecule has 100 valence electrons. The van der Waals surface area contributed by atoms with Crippen LogP contribution in [-0.2, 0) is 0 Å². The Morgan fingerprint density at radius 1 is 1.35 bits per heavy atom. The average Bonchev–Trinajstić information content (AvgIpc) is 3.08. The quantitative estimate of drug-likeness (QED) is 0.797. The lowest BCUT2D eigenvalue weighted by atomic mass is 10.2. The van der Waals surface area contributed by atoms with Crippen LogP contribution >= 0.6 is 11.3 Å². The van der Waals surface area contributed by atoms with Gasteiger partial charge in [0.25, 0.3) is 0 Å². The van der Waals surface area contributed by atoms with Gasteiger partial charge in [0.2, 0.25) is 0 Å². The van der Waals surface area contributed by atoms with Crippen LogP contribution in [0.2, 0.25) is 0 Å². The molecule has 3 aromatic heterocycles. The first-order chi connectivity index (χ1) is 9.63. The number of pyridine rings is 1. The summed E-state index contributed by atoms with van der Waals surface area (Å²) in [6, 6.07) is 5.34. The Morgan fingerprint density at radius 3 is 2.90 bits per heavy atom. The molecule has 1 N–H and O–H groups in total. The number of carboxylic acids is 1. The molecule has 0 aliphatic rings. The van der Waals surface area contributed by atoms with E-state index < -0.39 is 5.97 Å². The Morgan fingerprint density at radius 2 is 2.20 bits per heavy atom. The third-order valence-corrected chi connectivity index (χ3v) is 3.60. The Bertz CT molecular complexity index is 776. The first-order valence-corrected chi connectivity index (χ1v) is 6.72. The number of aromatic nitrogens is 2. The third-order valence-electron chi connectivity index (χ3n) is 2.74. The van der Waals surface area contributed by atoms with Gasteiger partial charge in [-0.15, -0.1) is 11.3 Å². The average molecular weight is 286 g/mol. The van der Waals surface area contributed by atoms with Crippen molar-refractivity contribution in [2.45, 2.75) is 6.92 Å². The standard InChI is InChI=1S/C14H10N2O3S/c1-8-2-3-15-10(4-8)13-16-11(7-20-13)12-5-9(6-19-12)14(17)18/h2-7H,1H3,(H,17,18). The lowest BCUT2D eigenvalue weighted by Gasteiger charge is -1.96. The molecule has 0 fully saturated rings. The predicted octanol–water partition coefficient (Wildman–Crippen LogP) is 3.47. The molecule has 0 aliphatic heterocycles. The molecule has 0 radical (unpaired) electrons. The SMILES string of the molecule is Cc1ccnc(-c2nc(-c3cc(C(=O)O)co3)cs2)c1. The molecule has 5 nitrogen and oxygen atoms in total. The van der Waals surface area contributed by atoms with Crippen molar-refractivity contribution >= 4 is 17.3 Å². The molecule has 0 bridgehead atoms. The largest absolute Gasteiger partial charge is 0.478 e. The van der Waals surface area contributed by atoms with Crippen LogP contribution in [0.3, 0.4) is 0 Å². The van der Waals surface area contributed by atoms with Crippen molar-refractivity contribution in [3.8, 4) is 22.2 Å². The van der Waals surface area contributed by atoms with E-state index in [1.54, 1.807) is 6.20 Å². The fourth-order valence-corrected chi connectivity index (χ4v) is 2.52. The first kappa shape index (κ1) is 12.6. The van der Waals surface area contributed by atoms with Crippen molar-refractivity contribution in [2.24, 2.45) is 0 Å². The van der Waals surface area contributed by atoms with Gasteiger partial charge < -0.3 is 9.52 Å². The van der Waals surface area contributed by atoms with Gasteiger partial charge in [-0.1, -0.05) is 0 Å². The van der Waals surface area contributed by atoms with E-state index in [1.165, 1.54) is 23.7 Å². The maximum Gasteiger partial charge on any atom is 0.338 e. The van der Waals surface area contributed by atoms with Gasteiger partial charge in [-0.3, -0.25) is 4.98 Å². The molecule has 0 saturated carbocycles. The highest BCUT2D eigenvalue weighted by Gasteiger charge is 2.13. The van der Waals surface area contributed by atoms with Crippen molar-refractivity contribution in [1.29, 1.82) is 0 Å². The molecule has 3 aromatic rings. The van der Waals surface area contributed by atoms with Gasteiger partial charge in [-0.25, -0.2) is 9.78 Å². The zero-order valence-corrected chi connectivity index (χ0v) is 11.3. The van der Waals surface area contributed by atoms with E-state index in [1.807, 2.05) is 24.4 Å². The summed E-state index contributed by atoms with van der Waals surface area (Å²) in [4.78, 5) is 19.5. The summed E-state index contributed by atoms with van der Waals surface area (Å²) in [7, 11) is 0. The van der Waals surface area contributed by atoms with E-state index in [0.717, 1.165) is 16.3 Å². The normalized spacial score (nSPS) is 10.7. The van der Waals surface area contributed by atoms with Gasteiger partial charge in [-0.2, -0.15) is 0 Å². The predicted molar refractivity (Wildman–Crippen MR) is 74.7 cm³/mol. The number of thiazole rings is 1. The summed E-state index contributed by atoms with van der Waals surface area (Å²) < 4.78 is 5.23. The number of carbonyl (C=O) groups is 1. The summed E-state index contributed by atoms with van der Waals surface area (Å²) in [6.07, 6.45) is 2.95. The van der Waals surface area contributed by atoms with Crippen LogP contribution in [0.5, 0.6) is 0 Å². The van der Waals surface area contributed by atoms with Crippen LogP contribution in [-0.4, -0.2) is 21.0 Å². The number of aryl methyl sites for hydroxylation is 1. The minimum atomic E-state index is -1.02. The summed E-state index contributed by atoms with van der Waals surface area (Å²) in [5.74, 6) is -0.576. The van der Waals surface area contributed by atoms with Gasteiger partial charge in [0.15, 0.2) is 5.76 Å². The lowest BCUT2D eigenvalue weighted by molar-refractivity contribution is 0.0696. The van der Waals surface area contributed by atoms with Crippen molar-refractivity contribution in [2.75, 3.05) is 0 Å². The molecule has 3 rings (SSSR count). The molecule has 0 atom stereocenters. The summed E-state index contributed by atoms with van der Waals surface area (Å²) in [6.45, 7) is 1.99. The van der Waals surface area contributed by atoms with E-state index in [4.69, 9.17) is 9.52 Å². The molecule has 0 aliphatic carbocycles. The van der Waals surface area contributed by atoms with E-state index in [9.17, 15) is 4.79 Å². The summed E-state index contributed by atoms with van der Waals surface area (Å²) >= 11 is 1.44. The van der Waals surface area contributed by atoms with Crippen LogP contribution in [0.15, 0.2) is 40.5 Å². The van der Waals surface area contributed by atoms with E-state index >= 15 is 0 Å². The van der Waals surface area contributed by atoms with Crippen LogP contribution in [0, 0.1) is 6.92 Å². The molecular formula is C14H10N2O3S.